The zero-order chi connectivity index (χ0) is 13.3. The van der Waals surface area contributed by atoms with Gasteiger partial charge in [-0.1, -0.05) is 0 Å². The monoisotopic (exact) mass is 263 g/mol. The van der Waals surface area contributed by atoms with E-state index in [4.69, 9.17) is 13.6 Å². The number of piperidine rings is 1. The highest BCUT2D eigenvalue weighted by molar-refractivity contribution is 7.41. The molecule has 0 aromatic carbocycles. The van der Waals surface area contributed by atoms with Gasteiger partial charge in [-0.25, -0.2) is 0 Å². The smallest absolute Gasteiger partial charge is 0.316 e. The van der Waals surface area contributed by atoms with Crippen LogP contribution in [0.4, 0.5) is 0 Å². The number of rotatable bonds is 4. The Labute approximate surface area is 107 Å². The predicted molar refractivity (Wildman–Crippen MR) is 71.0 cm³/mol. The van der Waals surface area contributed by atoms with E-state index in [1.807, 2.05) is 0 Å². The fourth-order valence-corrected chi connectivity index (χ4v) is 3.35. The Bertz CT molecular complexity index is 236. The summed E-state index contributed by atoms with van der Waals surface area (Å²) in [5, 5.41) is 0. The van der Waals surface area contributed by atoms with Crippen molar-refractivity contribution < 1.29 is 13.6 Å². The molecule has 0 amide bonds. The standard InChI is InChI=1S/C12H26NO3P/c1-11(2)8-10(16-17(14-6)15-7)9-12(3,4)13(11)5/h10H,8-9H2,1-7H3. The van der Waals surface area contributed by atoms with Crippen molar-refractivity contribution in [2.45, 2.75) is 57.7 Å². The molecule has 0 aromatic heterocycles. The minimum absolute atomic E-state index is 0.134. The van der Waals surface area contributed by atoms with Crippen LogP contribution >= 0.6 is 8.60 Å². The molecular weight excluding hydrogens is 237 g/mol. The van der Waals surface area contributed by atoms with Crippen molar-refractivity contribution in [3.63, 3.8) is 0 Å². The molecule has 1 heterocycles. The second-order valence-electron chi connectivity index (χ2n) is 5.91. The highest BCUT2D eigenvalue weighted by atomic mass is 31.2. The molecule has 0 aliphatic carbocycles. The predicted octanol–water partition coefficient (Wildman–Crippen LogP) is 3.17. The fraction of sp³-hybridized carbons (Fsp3) is 1.00. The maximum Gasteiger partial charge on any atom is 0.332 e. The Morgan fingerprint density at radius 1 is 1.00 bits per heavy atom. The van der Waals surface area contributed by atoms with Crippen LogP contribution in [0.25, 0.3) is 0 Å². The second kappa shape index (κ2) is 5.50. The van der Waals surface area contributed by atoms with E-state index in [1.165, 1.54) is 0 Å². The fourth-order valence-electron chi connectivity index (χ4n) is 2.64. The van der Waals surface area contributed by atoms with Crippen LogP contribution in [0.1, 0.15) is 40.5 Å². The molecule has 4 nitrogen and oxygen atoms in total. The normalized spacial score (nSPS) is 25.4. The summed E-state index contributed by atoms with van der Waals surface area (Å²) in [7, 11) is 4.24. The van der Waals surface area contributed by atoms with Gasteiger partial charge >= 0.3 is 8.60 Å². The lowest BCUT2D eigenvalue weighted by Gasteiger charge is -2.53. The largest absolute Gasteiger partial charge is 0.332 e. The van der Waals surface area contributed by atoms with Crippen LogP contribution in [0.5, 0.6) is 0 Å². The lowest BCUT2D eigenvalue weighted by Crippen LogP contribution is -2.60. The molecule has 0 saturated carbocycles. The van der Waals surface area contributed by atoms with Crippen molar-refractivity contribution in [1.29, 1.82) is 0 Å². The van der Waals surface area contributed by atoms with Gasteiger partial charge in [0.25, 0.3) is 0 Å². The minimum atomic E-state index is -1.19. The van der Waals surface area contributed by atoms with E-state index in [-0.39, 0.29) is 17.2 Å². The first-order chi connectivity index (χ1) is 7.73. The quantitative estimate of drug-likeness (QED) is 0.729. The molecule has 17 heavy (non-hydrogen) atoms. The van der Waals surface area contributed by atoms with E-state index in [2.05, 4.69) is 39.6 Å². The molecule has 0 N–H and O–H groups in total. The summed E-state index contributed by atoms with van der Waals surface area (Å²) in [5.74, 6) is 0. The average Bonchev–Trinajstić information content (AvgIpc) is 2.21. The van der Waals surface area contributed by atoms with Crippen molar-refractivity contribution in [3.8, 4) is 0 Å². The van der Waals surface area contributed by atoms with Crippen molar-refractivity contribution in [2.75, 3.05) is 21.3 Å². The lowest BCUT2D eigenvalue weighted by molar-refractivity contribution is -0.0594. The van der Waals surface area contributed by atoms with E-state index in [0.29, 0.717) is 0 Å². The zero-order valence-electron chi connectivity index (χ0n) is 12.1. The Morgan fingerprint density at radius 3 is 1.76 bits per heavy atom. The molecule has 0 aromatic rings. The van der Waals surface area contributed by atoms with Gasteiger partial charge in [-0.3, -0.25) is 4.90 Å². The zero-order valence-corrected chi connectivity index (χ0v) is 13.0. The minimum Gasteiger partial charge on any atom is -0.316 e. The molecule has 5 heteroatoms. The summed E-state index contributed by atoms with van der Waals surface area (Å²) in [4.78, 5) is 2.43. The number of likely N-dealkylation sites (tertiary alicyclic amines) is 1. The van der Waals surface area contributed by atoms with Crippen molar-refractivity contribution in [1.82, 2.24) is 4.90 Å². The highest BCUT2D eigenvalue weighted by Crippen LogP contribution is 2.45. The van der Waals surface area contributed by atoms with Gasteiger partial charge in [0.15, 0.2) is 0 Å². The van der Waals surface area contributed by atoms with Gasteiger partial charge in [-0.15, -0.1) is 0 Å². The summed E-state index contributed by atoms with van der Waals surface area (Å²) in [6, 6.07) is 0. The van der Waals surface area contributed by atoms with Gasteiger partial charge in [-0.05, 0) is 47.6 Å². The SMILES string of the molecule is COP(OC)OC1CC(C)(C)N(C)C(C)(C)C1. The van der Waals surface area contributed by atoms with E-state index in [0.717, 1.165) is 12.8 Å². The second-order valence-corrected chi connectivity index (χ2v) is 7.30. The van der Waals surface area contributed by atoms with Crippen LogP contribution in [0, 0.1) is 0 Å². The molecule has 1 aliphatic rings. The molecule has 0 bridgehead atoms. The van der Waals surface area contributed by atoms with Crippen LogP contribution in [0.3, 0.4) is 0 Å². The number of hydrogen-bond acceptors (Lipinski definition) is 4. The first kappa shape index (κ1) is 15.3. The van der Waals surface area contributed by atoms with E-state index >= 15 is 0 Å². The van der Waals surface area contributed by atoms with E-state index in [9.17, 15) is 0 Å². The van der Waals surface area contributed by atoms with Gasteiger partial charge in [0.1, 0.15) is 0 Å². The molecule has 0 spiro atoms. The van der Waals surface area contributed by atoms with Gasteiger partial charge < -0.3 is 13.6 Å². The Morgan fingerprint density at radius 2 is 1.41 bits per heavy atom. The highest BCUT2D eigenvalue weighted by Gasteiger charge is 2.44. The third kappa shape index (κ3) is 3.62. The van der Waals surface area contributed by atoms with Crippen molar-refractivity contribution >= 4 is 8.60 Å². The molecule has 0 radical (unpaired) electrons. The molecule has 1 rings (SSSR count). The molecule has 0 unspecified atom stereocenters. The number of nitrogens with zero attached hydrogens (tertiary/aromatic N) is 1. The molecule has 102 valence electrons. The van der Waals surface area contributed by atoms with Gasteiger partial charge in [0, 0.05) is 25.3 Å². The lowest BCUT2D eigenvalue weighted by atomic mass is 9.79. The topological polar surface area (TPSA) is 30.9 Å². The van der Waals surface area contributed by atoms with Crippen molar-refractivity contribution in [3.05, 3.63) is 0 Å². The first-order valence-corrected chi connectivity index (χ1v) is 7.11. The van der Waals surface area contributed by atoms with Gasteiger partial charge in [0.2, 0.25) is 0 Å². The third-order valence-corrected chi connectivity index (χ3v) is 4.87. The Kier molecular flexibility index (Phi) is 4.96. The molecule has 0 atom stereocenters. The summed E-state index contributed by atoms with van der Waals surface area (Å²) < 4.78 is 16.2. The van der Waals surface area contributed by atoms with Crippen LogP contribution in [0.15, 0.2) is 0 Å². The van der Waals surface area contributed by atoms with Gasteiger partial charge in [-0.2, -0.15) is 0 Å². The van der Waals surface area contributed by atoms with Crippen molar-refractivity contribution in [2.24, 2.45) is 0 Å². The third-order valence-electron chi connectivity index (χ3n) is 3.80. The first-order valence-electron chi connectivity index (χ1n) is 6.02. The van der Waals surface area contributed by atoms with E-state index < -0.39 is 8.60 Å². The molecule has 1 fully saturated rings. The van der Waals surface area contributed by atoms with Crippen LogP contribution in [0.2, 0.25) is 0 Å². The Hall–Kier alpha value is 0.270. The summed E-state index contributed by atoms with van der Waals surface area (Å²) in [5.41, 5.74) is 0.268. The van der Waals surface area contributed by atoms with Crippen LogP contribution in [-0.2, 0) is 13.6 Å². The summed E-state index contributed by atoms with van der Waals surface area (Å²) in [6.07, 6.45) is 2.19. The maximum absolute atomic E-state index is 5.90. The summed E-state index contributed by atoms with van der Waals surface area (Å²) in [6.45, 7) is 9.02. The van der Waals surface area contributed by atoms with E-state index in [1.54, 1.807) is 14.2 Å². The Balaban J connectivity index is 2.71. The van der Waals surface area contributed by atoms with Gasteiger partial charge in [0.05, 0.1) is 6.10 Å². The van der Waals surface area contributed by atoms with Crippen LogP contribution in [-0.4, -0.2) is 43.3 Å². The number of hydrogen-bond donors (Lipinski definition) is 0. The maximum atomic E-state index is 5.90. The van der Waals surface area contributed by atoms with Crippen LogP contribution < -0.4 is 0 Å². The summed E-state index contributed by atoms with van der Waals surface area (Å²) >= 11 is 0. The molecular formula is C12H26NO3P. The molecule has 1 aliphatic heterocycles. The average molecular weight is 263 g/mol. The molecule has 1 saturated heterocycles.